The third-order valence-corrected chi connectivity index (χ3v) is 2.15. The zero-order valence-corrected chi connectivity index (χ0v) is 8.80. The average Bonchev–Trinajstić information content (AvgIpc) is 2.20. The van der Waals surface area contributed by atoms with Crippen LogP contribution in [-0.2, 0) is 0 Å². The number of aliphatic hydroxyl groups excluding tert-OH is 2. The Balaban J connectivity index is 3.55. The van der Waals surface area contributed by atoms with Crippen molar-refractivity contribution >= 4 is 11.7 Å². The van der Waals surface area contributed by atoms with Crippen molar-refractivity contribution in [3.05, 3.63) is 22.6 Å². The molecule has 0 aliphatic heterocycles. The molecular weight excluding hydrogens is 212 g/mol. The van der Waals surface area contributed by atoms with Gasteiger partial charge in [-0.1, -0.05) is 6.92 Å². The van der Waals surface area contributed by atoms with Gasteiger partial charge in [0, 0.05) is 6.42 Å². The highest BCUT2D eigenvalue weighted by atomic mass is 16.5. The summed E-state index contributed by atoms with van der Waals surface area (Å²) in [6.45, 7) is 1.86. The summed E-state index contributed by atoms with van der Waals surface area (Å²) < 4.78 is 0. The van der Waals surface area contributed by atoms with E-state index in [0.717, 1.165) is 12.1 Å². The summed E-state index contributed by atoms with van der Waals surface area (Å²) in [5.74, 6) is -1.89. The van der Waals surface area contributed by atoms with Crippen LogP contribution in [0.1, 0.15) is 19.8 Å². The standard InChI is InChI=1S/C11H14O5/c1-2-3-8(12)6-4-10(14)7(11(15)16)5-9(6)13/h4-5,12-16H,2-3H2,1H3. The van der Waals surface area contributed by atoms with Gasteiger partial charge < -0.3 is 25.5 Å². The monoisotopic (exact) mass is 226 g/mol. The molecule has 0 fully saturated rings. The fourth-order valence-corrected chi connectivity index (χ4v) is 1.36. The third-order valence-electron chi connectivity index (χ3n) is 2.15. The third kappa shape index (κ3) is 2.31. The number of phenols is 2. The lowest BCUT2D eigenvalue weighted by Crippen LogP contribution is -2.14. The number of aromatic hydroxyl groups is 2. The highest BCUT2D eigenvalue weighted by molar-refractivity contribution is 5.47. The van der Waals surface area contributed by atoms with E-state index in [1.54, 1.807) is 0 Å². The van der Waals surface area contributed by atoms with E-state index in [4.69, 9.17) is 10.2 Å². The van der Waals surface area contributed by atoms with Gasteiger partial charge in [0.2, 0.25) is 0 Å². The second-order valence-electron chi connectivity index (χ2n) is 3.41. The Morgan fingerprint density at radius 3 is 2.00 bits per heavy atom. The summed E-state index contributed by atoms with van der Waals surface area (Å²) in [6.07, 6.45) is 1.05. The van der Waals surface area contributed by atoms with E-state index < -0.39 is 11.7 Å². The molecule has 5 N–H and O–H groups in total. The molecular formula is C11H14O5. The van der Waals surface area contributed by atoms with Crippen LogP contribution in [0.25, 0.3) is 11.7 Å². The van der Waals surface area contributed by atoms with Crippen LogP contribution in [-0.4, -0.2) is 25.5 Å². The lowest BCUT2D eigenvalue weighted by molar-refractivity contribution is 0.295. The van der Waals surface area contributed by atoms with Gasteiger partial charge in [-0.25, -0.2) is 0 Å². The summed E-state index contributed by atoms with van der Waals surface area (Å²) in [7, 11) is 0. The highest BCUT2D eigenvalue weighted by Crippen LogP contribution is 2.08. The summed E-state index contributed by atoms with van der Waals surface area (Å²) in [5.41, 5.74) is 0. The molecule has 0 bridgehead atoms. The van der Waals surface area contributed by atoms with Crippen molar-refractivity contribution in [1.82, 2.24) is 0 Å². The van der Waals surface area contributed by atoms with Crippen LogP contribution in [0, 0.1) is 0 Å². The lowest BCUT2D eigenvalue weighted by Gasteiger charge is -2.02. The smallest absolute Gasteiger partial charge is 0.285 e. The molecule has 5 nitrogen and oxygen atoms in total. The van der Waals surface area contributed by atoms with Crippen LogP contribution in [0.5, 0.6) is 11.5 Å². The van der Waals surface area contributed by atoms with Gasteiger partial charge in [-0.05, 0) is 18.6 Å². The van der Waals surface area contributed by atoms with Gasteiger partial charge in [-0.3, -0.25) is 0 Å². The molecule has 0 aliphatic rings. The van der Waals surface area contributed by atoms with Crippen LogP contribution in [0.15, 0.2) is 12.1 Å². The minimum absolute atomic E-state index is 0.0562. The molecule has 5 heteroatoms. The summed E-state index contributed by atoms with van der Waals surface area (Å²) >= 11 is 0. The van der Waals surface area contributed by atoms with Crippen molar-refractivity contribution < 1.29 is 25.5 Å². The zero-order chi connectivity index (χ0) is 12.3. The Hall–Kier alpha value is -2.04. The van der Waals surface area contributed by atoms with Crippen LogP contribution >= 0.6 is 0 Å². The molecule has 0 atom stereocenters. The number of phenolic OH excluding ortho intramolecular Hbond substituents is 2. The predicted octanol–water partition coefficient (Wildman–Crippen LogP) is 0.746. The number of rotatable bonds is 2. The summed E-state index contributed by atoms with van der Waals surface area (Å²) in [6, 6.07) is 2.06. The van der Waals surface area contributed by atoms with E-state index in [-0.39, 0.29) is 21.9 Å². The zero-order valence-electron chi connectivity index (χ0n) is 8.80. The average molecular weight is 226 g/mol. The predicted molar refractivity (Wildman–Crippen MR) is 58.6 cm³/mol. The first-order valence-corrected chi connectivity index (χ1v) is 4.83. The number of aliphatic hydroxyl groups is 3. The minimum atomic E-state index is -1.09. The fraction of sp³-hybridized carbons (Fsp3) is 0.273. The molecule has 1 aromatic carbocycles. The highest BCUT2D eigenvalue weighted by Gasteiger charge is 2.05. The molecule has 1 aromatic rings. The molecule has 0 aromatic heterocycles. The Morgan fingerprint density at radius 1 is 1.00 bits per heavy atom. The van der Waals surface area contributed by atoms with E-state index in [1.165, 1.54) is 0 Å². The van der Waals surface area contributed by atoms with Gasteiger partial charge in [0.15, 0.2) is 0 Å². The fourth-order valence-electron chi connectivity index (χ4n) is 1.36. The van der Waals surface area contributed by atoms with Crippen LogP contribution in [0.4, 0.5) is 0 Å². The minimum Gasteiger partial charge on any atom is -0.512 e. The quantitative estimate of drug-likeness (QED) is 0.479. The molecule has 0 aliphatic carbocycles. The van der Waals surface area contributed by atoms with E-state index >= 15 is 0 Å². The van der Waals surface area contributed by atoms with Gasteiger partial charge in [0.25, 0.3) is 5.95 Å². The van der Waals surface area contributed by atoms with E-state index in [0.29, 0.717) is 12.8 Å². The molecule has 1 rings (SSSR count). The SMILES string of the molecule is CCCC(O)=c1cc(O)c(=C(O)O)cc1O. The van der Waals surface area contributed by atoms with Gasteiger partial charge in [0.05, 0.1) is 5.22 Å². The lowest BCUT2D eigenvalue weighted by atomic mass is 10.1. The van der Waals surface area contributed by atoms with Gasteiger partial charge in [0.1, 0.15) is 22.5 Å². The van der Waals surface area contributed by atoms with E-state index in [2.05, 4.69) is 0 Å². The van der Waals surface area contributed by atoms with Gasteiger partial charge >= 0.3 is 0 Å². The largest absolute Gasteiger partial charge is 0.512 e. The Bertz CT molecular complexity index is 500. The molecule has 88 valence electrons. The Morgan fingerprint density at radius 2 is 1.50 bits per heavy atom. The second-order valence-corrected chi connectivity index (χ2v) is 3.41. The van der Waals surface area contributed by atoms with Crippen LogP contribution in [0.3, 0.4) is 0 Å². The molecule has 0 radical (unpaired) electrons. The van der Waals surface area contributed by atoms with Gasteiger partial charge in [-0.15, -0.1) is 0 Å². The molecule has 0 spiro atoms. The summed E-state index contributed by atoms with van der Waals surface area (Å²) in [5, 5.41) is 45.9. The Labute approximate surface area is 91.8 Å². The summed E-state index contributed by atoms with van der Waals surface area (Å²) in [4.78, 5) is 0. The molecule has 0 amide bonds. The molecule has 0 unspecified atom stereocenters. The van der Waals surface area contributed by atoms with Crippen molar-refractivity contribution in [1.29, 1.82) is 0 Å². The Kier molecular flexibility index (Phi) is 3.50. The molecule has 0 heterocycles. The maximum absolute atomic E-state index is 9.57. The first-order chi connectivity index (χ1) is 7.47. The maximum Gasteiger partial charge on any atom is 0.285 e. The van der Waals surface area contributed by atoms with E-state index in [1.807, 2.05) is 6.92 Å². The molecule has 0 saturated heterocycles. The van der Waals surface area contributed by atoms with Gasteiger partial charge in [-0.2, -0.15) is 0 Å². The first-order valence-electron chi connectivity index (χ1n) is 4.83. The van der Waals surface area contributed by atoms with Crippen molar-refractivity contribution in [3.8, 4) is 11.5 Å². The van der Waals surface area contributed by atoms with Crippen LogP contribution in [0.2, 0.25) is 0 Å². The number of hydrogen-bond acceptors (Lipinski definition) is 5. The van der Waals surface area contributed by atoms with Crippen molar-refractivity contribution in [2.45, 2.75) is 19.8 Å². The normalized spacial score (nSPS) is 12.3. The maximum atomic E-state index is 9.57. The second kappa shape index (κ2) is 4.65. The van der Waals surface area contributed by atoms with E-state index in [9.17, 15) is 15.3 Å². The topological polar surface area (TPSA) is 101 Å². The van der Waals surface area contributed by atoms with Crippen molar-refractivity contribution in [2.75, 3.05) is 0 Å². The number of benzene rings is 1. The number of hydrogen-bond donors (Lipinski definition) is 5. The first kappa shape index (κ1) is 12.0. The molecule has 16 heavy (non-hydrogen) atoms. The van der Waals surface area contributed by atoms with Crippen LogP contribution < -0.4 is 10.4 Å². The van der Waals surface area contributed by atoms with Crippen molar-refractivity contribution in [2.24, 2.45) is 0 Å². The molecule has 0 saturated carbocycles. The van der Waals surface area contributed by atoms with Crippen molar-refractivity contribution in [3.63, 3.8) is 0 Å².